The monoisotopic (exact) mass is 221 g/mol. The largest absolute Gasteiger partial charge is 0.480 e. The first-order valence-corrected chi connectivity index (χ1v) is 5.60. The summed E-state index contributed by atoms with van der Waals surface area (Å²) in [7, 11) is 0. The van der Waals surface area contributed by atoms with Crippen LogP contribution in [0.1, 0.15) is 37.3 Å². The maximum absolute atomic E-state index is 11.4. The molecule has 1 aromatic carbocycles. The Morgan fingerprint density at radius 1 is 1.44 bits per heavy atom. The van der Waals surface area contributed by atoms with Crippen LogP contribution in [0.3, 0.4) is 0 Å². The second-order valence-electron chi connectivity index (χ2n) is 4.19. The summed E-state index contributed by atoms with van der Waals surface area (Å²) in [5.74, 6) is -0.949. The number of hydrogen-bond donors (Lipinski definition) is 2. The molecule has 0 saturated heterocycles. The van der Waals surface area contributed by atoms with Crippen LogP contribution >= 0.6 is 0 Å². The van der Waals surface area contributed by atoms with Gasteiger partial charge in [0.2, 0.25) is 0 Å². The van der Waals surface area contributed by atoms with Gasteiger partial charge in [0, 0.05) is 0 Å². The molecule has 0 spiro atoms. The molecular weight excluding hydrogens is 202 g/mol. The van der Waals surface area contributed by atoms with E-state index in [1.54, 1.807) is 6.07 Å². The Morgan fingerprint density at radius 3 is 2.56 bits per heavy atom. The third kappa shape index (κ3) is 2.42. The lowest BCUT2D eigenvalue weighted by molar-refractivity contribution is -0.144. The number of carbonyl (C=O) groups is 1. The van der Waals surface area contributed by atoms with Crippen molar-refractivity contribution in [3.8, 4) is 0 Å². The topological polar surface area (TPSA) is 63.3 Å². The van der Waals surface area contributed by atoms with Gasteiger partial charge in [0.05, 0.1) is 0 Å². The number of benzene rings is 1. The molecule has 0 radical (unpaired) electrons. The average molecular weight is 221 g/mol. The minimum absolute atomic E-state index is 0.476. The van der Waals surface area contributed by atoms with Crippen LogP contribution in [0.2, 0.25) is 0 Å². The zero-order chi connectivity index (χ0) is 12.2. The molecule has 0 aliphatic rings. The lowest BCUT2D eigenvalue weighted by atomic mass is 9.83. The molecule has 0 heterocycles. The zero-order valence-electron chi connectivity index (χ0n) is 9.86. The summed E-state index contributed by atoms with van der Waals surface area (Å²) in [6, 6.07) is 7.42. The van der Waals surface area contributed by atoms with Crippen LogP contribution in [-0.2, 0) is 10.3 Å². The predicted molar refractivity (Wildman–Crippen MR) is 64.2 cm³/mol. The van der Waals surface area contributed by atoms with E-state index in [0.29, 0.717) is 6.42 Å². The van der Waals surface area contributed by atoms with Gasteiger partial charge in [0.25, 0.3) is 0 Å². The maximum Gasteiger partial charge on any atom is 0.328 e. The van der Waals surface area contributed by atoms with Crippen LogP contribution in [0.25, 0.3) is 0 Å². The Morgan fingerprint density at radius 2 is 2.06 bits per heavy atom. The van der Waals surface area contributed by atoms with E-state index in [0.717, 1.165) is 24.0 Å². The number of aliphatic carboxylic acids is 1. The molecule has 88 valence electrons. The van der Waals surface area contributed by atoms with Crippen molar-refractivity contribution in [2.45, 2.75) is 38.6 Å². The molecule has 0 aliphatic carbocycles. The van der Waals surface area contributed by atoms with Crippen molar-refractivity contribution in [3.63, 3.8) is 0 Å². The molecule has 0 aromatic heterocycles. The molecule has 0 amide bonds. The van der Waals surface area contributed by atoms with Gasteiger partial charge in [-0.2, -0.15) is 0 Å². The molecule has 0 bridgehead atoms. The van der Waals surface area contributed by atoms with Gasteiger partial charge < -0.3 is 10.8 Å². The number of carboxylic acid groups (broad SMARTS) is 1. The van der Waals surface area contributed by atoms with Gasteiger partial charge in [-0.05, 0) is 24.5 Å². The second kappa shape index (κ2) is 5.12. The van der Waals surface area contributed by atoms with Crippen molar-refractivity contribution in [2.24, 2.45) is 5.73 Å². The molecule has 3 N–H and O–H groups in total. The molecule has 0 aliphatic heterocycles. The van der Waals surface area contributed by atoms with E-state index in [2.05, 4.69) is 0 Å². The Kier molecular flexibility index (Phi) is 4.07. The molecule has 1 aromatic rings. The Balaban J connectivity index is 3.11. The molecule has 0 saturated carbocycles. The standard InChI is InChI=1S/C13H19NO2/c1-3-4-9-13(14,12(15)16)11-8-6-5-7-10(11)2/h5-8H,3-4,9,14H2,1-2H3,(H,15,16). The summed E-state index contributed by atoms with van der Waals surface area (Å²) in [4.78, 5) is 11.4. The highest BCUT2D eigenvalue weighted by Crippen LogP contribution is 2.27. The van der Waals surface area contributed by atoms with Gasteiger partial charge in [-0.15, -0.1) is 0 Å². The Labute approximate surface area is 96.3 Å². The van der Waals surface area contributed by atoms with Crippen LogP contribution < -0.4 is 5.73 Å². The van der Waals surface area contributed by atoms with Crippen molar-refractivity contribution >= 4 is 5.97 Å². The Bertz CT molecular complexity index is 376. The van der Waals surface area contributed by atoms with Gasteiger partial charge in [0.1, 0.15) is 5.54 Å². The summed E-state index contributed by atoms with van der Waals surface area (Å²) in [5.41, 5.74) is 6.45. The van der Waals surface area contributed by atoms with Crippen molar-refractivity contribution in [1.82, 2.24) is 0 Å². The third-order valence-electron chi connectivity index (χ3n) is 2.93. The first-order chi connectivity index (χ1) is 7.52. The fourth-order valence-corrected chi connectivity index (χ4v) is 1.89. The lowest BCUT2D eigenvalue weighted by Gasteiger charge is -2.26. The van der Waals surface area contributed by atoms with Crippen molar-refractivity contribution in [2.75, 3.05) is 0 Å². The van der Waals surface area contributed by atoms with E-state index in [4.69, 9.17) is 5.73 Å². The fourth-order valence-electron chi connectivity index (χ4n) is 1.89. The van der Waals surface area contributed by atoms with E-state index in [9.17, 15) is 9.90 Å². The first kappa shape index (κ1) is 12.7. The summed E-state index contributed by atoms with van der Waals surface area (Å²) < 4.78 is 0. The minimum Gasteiger partial charge on any atom is -0.480 e. The van der Waals surface area contributed by atoms with Crippen LogP contribution in [0.4, 0.5) is 0 Å². The predicted octanol–water partition coefficient (Wildman–Crippen LogP) is 2.42. The van der Waals surface area contributed by atoms with Gasteiger partial charge in [-0.3, -0.25) is 0 Å². The average Bonchev–Trinajstić information content (AvgIpc) is 2.26. The van der Waals surface area contributed by atoms with Gasteiger partial charge in [-0.25, -0.2) is 4.79 Å². The second-order valence-corrected chi connectivity index (χ2v) is 4.19. The van der Waals surface area contributed by atoms with Crippen molar-refractivity contribution in [3.05, 3.63) is 35.4 Å². The lowest BCUT2D eigenvalue weighted by Crippen LogP contribution is -2.45. The highest BCUT2D eigenvalue weighted by atomic mass is 16.4. The third-order valence-corrected chi connectivity index (χ3v) is 2.93. The van der Waals surface area contributed by atoms with Crippen molar-refractivity contribution < 1.29 is 9.90 Å². The number of aryl methyl sites for hydroxylation is 1. The first-order valence-electron chi connectivity index (χ1n) is 5.60. The van der Waals surface area contributed by atoms with Crippen molar-refractivity contribution in [1.29, 1.82) is 0 Å². The molecule has 3 nitrogen and oxygen atoms in total. The maximum atomic E-state index is 11.4. The highest BCUT2D eigenvalue weighted by Gasteiger charge is 2.36. The quantitative estimate of drug-likeness (QED) is 0.802. The fraction of sp³-hybridized carbons (Fsp3) is 0.462. The summed E-state index contributed by atoms with van der Waals surface area (Å²) >= 11 is 0. The van der Waals surface area contributed by atoms with Gasteiger partial charge in [-0.1, -0.05) is 44.0 Å². The van der Waals surface area contributed by atoms with E-state index in [1.165, 1.54) is 0 Å². The molecule has 3 heteroatoms. The molecule has 16 heavy (non-hydrogen) atoms. The minimum atomic E-state index is -1.25. The summed E-state index contributed by atoms with van der Waals surface area (Å²) in [6.45, 7) is 3.92. The highest BCUT2D eigenvalue weighted by molar-refractivity contribution is 5.81. The van der Waals surface area contributed by atoms with E-state index in [1.807, 2.05) is 32.0 Å². The number of rotatable bonds is 5. The van der Waals surface area contributed by atoms with Crippen LogP contribution in [0.15, 0.2) is 24.3 Å². The normalized spacial score (nSPS) is 14.4. The molecular formula is C13H19NO2. The van der Waals surface area contributed by atoms with Crippen LogP contribution in [0, 0.1) is 6.92 Å². The molecule has 1 unspecified atom stereocenters. The number of nitrogens with two attached hydrogens (primary N) is 1. The van der Waals surface area contributed by atoms with Gasteiger partial charge >= 0.3 is 5.97 Å². The smallest absolute Gasteiger partial charge is 0.328 e. The van der Waals surface area contributed by atoms with E-state index >= 15 is 0 Å². The van der Waals surface area contributed by atoms with Gasteiger partial charge in [0.15, 0.2) is 0 Å². The Hall–Kier alpha value is -1.35. The molecule has 1 atom stereocenters. The zero-order valence-corrected chi connectivity index (χ0v) is 9.86. The number of hydrogen-bond acceptors (Lipinski definition) is 2. The SMILES string of the molecule is CCCCC(N)(C(=O)O)c1ccccc1C. The summed E-state index contributed by atoms with van der Waals surface area (Å²) in [6.07, 6.45) is 2.24. The van der Waals surface area contributed by atoms with Crippen LogP contribution in [0.5, 0.6) is 0 Å². The van der Waals surface area contributed by atoms with E-state index in [-0.39, 0.29) is 0 Å². The number of carboxylic acids is 1. The molecule has 1 rings (SSSR count). The van der Waals surface area contributed by atoms with Crippen LogP contribution in [-0.4, -0.2) is 11.1 Å². The molecule has 0 fully saturated rings. The van der Waals surface area contributed by atoms with E-state index < -0.39 is 11.5 Å². The number of unbranched alkanes of at least 4 members (excludes halogenated alkanes) is 1. The summed E-state index contributed by atoms with van der Waals surface area (Å²) in [5, 5.41) is 9.31.